The van der Waals surface area contributed by atoms with Crippen molar-refractivity contribution in [1.29, 1.82) is 0 Å². The maximum Gasteiger partial charge on any atom is 0.114 e. The lowest BCUT2D eigenvalue weighted by atomic mass is 10.4. The summed E-state index contributed by atoms with van der Waals surface area (Å²) in [7, 11) is 0. The molecule has 1 aliphatic rings. The molecule has 0 aliphatic carbocycles. The molecule has 0 radical (unpaired) electrons. The molecule has 1 aliphatic heterocycles. The predicted octanol–water partition coefficient (Wildman–Crippen LogP) is 1.18. The molecule has 0 aromatic heterocycles. The Morgan fingerprint density at radius 1 is 1.56 bits per heavy atom. The molecule has 0 amide bonds. The quantitative estimate of drug-likeness (QED) is 0.517. The minimum absolute atomic E-state index is 0.259. The SMILES string of the molecule is CC(C)N1N=C=CN=N1. The fourth-order valence-electron chi connectivity index (χ4n) is 0.428. The van der Waals surface area contributed by atoms with Crippen LogP contribution < -0.4 is 0 Å². The molecular weight excluding hydrogens is 116 g/mol. The van der Waals surface area contributed by atoms with E-state index in [0.29, 0.717) is 0 Å². The van der Waals surface area contributed by atoms with Crippen molar-refractivity contribution in [1.82, 2.24) is 5.12 Å². The Labute approximate surface area is 53.5 Å². The van der Waals surface area contributed by atoms with E-state index >= 15 is 0 Å². The largest absolute Gasteiger partial charge is 0.155 e. The number of hydrazone groups is 1. The number of nitrogens with zero attached hydrogens (tertiary/aromatic N) is 4. The van der Waals surface area contributed by atoms with Crippen LogP contribution in [0.25, 0.3) is 0 Å². The van der Waals surface area contributed by atoms with Gasteiger partial charge in [0.05, 0.1) is 6.04 Å². The van der Waals surface area contributed by atoms with Crippen LogP contribution in [0.3, 0.4) is 0 Å². The third-order valence-corrected chi connectivity index (χ3v) is 0.881. The van der Waals surface area contributed by atoms with Crippen LogP contribution in [0.2, 0.25) is 0 Å². The van der Waals surface area contributed by atoms with Crippen LogP contribution in [0.1, 0.15) is 13.8 Å². The second kappa shape index (κ2) is 2.42. The summed E-state index contributed by atoms with van der Waals surface area (Å²) in [4.78, 5) is 0. The van der Waals surface area contributed by atoms with Crippen molar-refractivity contribution >= 4 is 5.87 Å². The maximum absolute atomic E-state index is 3.80. The van der Waals surface area contributed by atoms with Crippen molar-refractivity contribution in [3.8, 4) is 0 Å². The average molecular weight is 124 g/mol. The average Bonchev–Trinajstić information content (AvgIpc) is 1.90. The monoisotopic (exact) mass is 124 g/mol. The third kappa shape index (κ3) is 1.37. The molecule has 9 heavy (non-hydrogen) atoms. The highest BCUT2D eigenvalue weighted by Gasteiger charge is 2.03. The van der Waals surface area contributed by atoms with Crippen molar-refractivity contribution in [2.75, 3.05) is 0 Å². The minimum Gasteiger partial charge on any atom is -0.155 e. The topological polar surface area (TPSA) is 40.3 Å². The van der Waals surface area contributed by atoms with Gasteiger partial charge in [0.2, 0.25) is 0 Å². The first kappa shape index (κ1) is 5.98. The molecule has 1 rings (SSSR count). The zero-order chi connectivity index (χ0) is 6.69. The highest BCUT2D eigenvalue weighted by atomic mass is 15.7. The Morgan fingerprint density at radius 3 is 2.67 bits per heavy atom. The van der Waals surface area contributed by atoms with Gasteiger partial charge in [0.1, 0.15) is 6.20 Å². The lowest BCUT2D eigenvalue weighted by Crippen LogP contribution is -2.19. The summed E-state index contributed by atoms with van der Waals surface area (Å²) in [5, 5.41) is 12.6. The summed E-state index contributed by atoms with van der Waals surface area (Å²) in [6, 6.07) is 0.259. The third-order valence-electron chi connectivity index (χ3n) is 0.881. The highest BCUT2D eigenvalue weighted by molar-refractivity contribution is 5.50. The smallest absolute Gasteiger partial charge is 0.114 e. The molecular formula is C5H8N4. The Hall–Kier alpha value is -1.15. The first-order valence-electron chi connectivity index (χ1n) is 2.78. The molecule has 4 heteroatoms. The standard InChI is InChI=1S/C5H8N4/c1-5(2)9-7-4-3-6-8-9/h3,5H,1-2H3. The fourth-order valence-corrected chi connectivity index (χ4v) is 0.428. The molecule has 0 atom stereocenters. The van der Waals surface area contributed by atoms with E-state index in [0.717, 1.165) is 0 Å². The summed E-state index contributed by atoms with van der Waals surface area (Å²) < 4.78 is 0. The van der Waals surface area contributed by atoms with Crippen LogP contribution in [-0.2, 0) is 0 Å². The van der Waals surface area contributed by atoms with Crippen LogP contribution in [-0.4, -0.2) is 17.0 Å². The van der Waals surface area contributed by atoms with Gasteiger partial charge in [-0.3, -0.25) is 0 Å². The van der Waals surface area contributed by atoms with E-state index in [1.54, 1.807) is 0 Å². The Bertz CT molecular complexity index is 175. The van der Waals surface area contributed by atoms with Crippen molar-refractivity contribution in [2.24, 2.45) is 15.4 Å². The van der Waals surface area contributed by atoms with Gasteiger partial charge in [-0.25, -0.2) is 0 Å². The van der Waals surface area contributed by atoms with Crippen LogP contribution in [0.15, 0.2) is 21.6 Å². The lowest BCUT2D eigenvalue weighted by molar-refractivity contribution is 0.226. The van der Waals surface area contributed by atoms with Gasteiger partial charge in [-0.2, -0.15) is 5.12 Å². The second-order valence-corrected chi connectivity index (χ2v) is 1.98. The van der Waals surface area contributed by atoms with Crippen LogP contribution in [0, 0.1) is 0 Å². The van der Waals surface area contributed by atoms with Crippen molar-refractivity contribution in [3.05, 3.63) is 6.20 Å². The second-order valence-electron chi connectivity index (χ2n) is 1.98. The van der Waals surface area contributed by atoms with Gasteiger partial charge < -0.3 is 0 Å². The molecule has 48 valence electrons. The lowest BCUT2D eigenvalue weighted by Gasteiger charge is -2.13. The minimum atomic E-state index is 0.259. The molecule has 0 saturated carbocycles. The van der Waals surface area contributed by atoms with Gasteiger partial charge >= 0.3 is 0 Å². The zero-order valence-corrected chi connectivity index (χ0v) is 5.44. The summed E-state index contributed by atoms with van der Waals surface area (Å²) in [5.41, 5.74) is 0. The van der Waals surface area contributed by atoms with E-state index < -0.39 is 0 Å². The van der Waals surface area contributed by atoms with Crippen molar-refractivity contribution < 1.29 is 0 Å². The number of hydrogen-bond acceptors (Lipinski definition) is 4. The molecule has 0 unspecified atom stereocenters. The molecule has 0 N–H and O–H groups in total. The van der Waals surface area contributed by atoms with Gasteiger partial charge in [-0.05, 0) is 19.1 Å². The van der Waals surface area contributed by atoms with E-state index in [-0.39, 0.29) is 6.04 Å². The Morgan fingerprint density at radius 2 is 2.33 bits per heavy atom. The van der Waals surface area contributed by atoms with E-state index in [1.165, 1.54) is 11.3 Å². The number of rotatable bonds is 1. The first-order chi connectivity index (χ1) is 4.30. The van der Waals surface area contributed by atoms with Gasteiger partial charge in [0, 0.05) is 5.87 Å². The van der Waals surface area contributed by atoms with Gasteiger partial charge in [0.25, 0.3) is 0 Å². The van der Waals surface area contributed by atoms with Gasteiger partial charge in [-0.15, -0.1) is 10.2 Å². The molecule has 0 saturated heterocycles. The van der Waals surface area contributed by atoms with Gasteiger partial charge in [-0.1, -0.05) is 0 Å². The highest BCUT2D eigenvalue weighted by Crippen LogP contribution is 2.01. The van der Waals surface area contributed by atoms with Gasteiger partial charge in [0.15, 0.2) is 0 Å². The number of hydrogen-bond donors (Lipinski definition) is 0. The molecule has 4 nitrogen and oxygen atoms in total. The molecule has 0 spiro atoms. The maximum atomic E-state index is 3.80. The summed E-state index contributed by atoms with van der Waals surface area (Å²) in [6.07, 6.45) is 1.43. The normalized spacial score (nSPS) is 15.7. The van der Waals surface area contributed by atoms with E-state index in [2.05, 4.69) is 21.3 Å². The van der Waals surface area contributed by atoms with Crippen LogP contribution >= 0.6 is 0 Å². The fraction of sp³-hybridized carbons (Fsp3) is 0.600. The van der Waals surface area contributed by atoms with Crippen molar-refractivity contribution in [2.45, 2.75) is 19.9 Å². The van der Waals surface area contributed by atoms with E-state index in [9.17, 15) is 0 Å². The Kier molecular flexibility index (Phi) is 1.60. The van der Waals surface area contributed by atoms with E-state index in [1.807, 2.05) is 13.8 Å². The van der Waals surface area contributed by atoms with Crippen LogP contribution in [0.5, 0.6) is 0 Å². The summed E-state index contributed by atoms with van der Waals surface area (Å²) in [5.74, 6) is 2.58. The zero-order valence-electron chi connectivity index (χ0n) is 5.44. The molecule has 0 aromatic carbocycles. The Balaban J connectivity index is 2.65. The first-order valence-corrected chi connectivity index (χ1v) is 2.78. The molecule has 0 aromatic rings. The predicted molar refractivity (Wildman–Crippen MR) is 33.8 cm³/mol. The molecule has 1 heterocycles. The molecule has 0 fully saturated rings. The summed E-state index contributed by atoms with van der Waals surface area (Å²) >= 11 is 0. The van der Waals surface area contributed by atoms with Crippen molar-refractivity contribution in [3.63, 3.8) is 0 Å². The van der Waals surface area contributed by atoms with Crippen LogP contribution in [0.4, 0.5) is 0 Å². The van der Waals surface area contributed by atoms with E-state index in [4.69, 9.17) is 0 Å². The summed E-state index contributed by atoms with van der Waals surface area (Å²) in [6.45, 7) is 3.96. The molecule has 0 bridgehead atoms.